The van der Waals surface area contributed by atoms with Crippen LogP contribution < -0.4 is 10.6 Å². The summed E-state index contributed by atoms with van der Waals surface area (Å²) >= 11 is 0. The monoisotopic (exact) mass is 184 g/mol. The van der Waals surface area contributed by atoms with Crippen molar-refractivity contribution >= 4 is 5.91 Å². The number of ether oxygens (including phenoxy) is 1. The zero-order chi connectivity index (χ0) is 9.31. The van der Waals surface area contributed by atoms with Gasteiger partial charge in [0.15, 0.2) is 0 Å². The van der Waals surface area contributed by atoms with Gasteiger partial charge in [0, 0.05) is 20.2 Å². The van der Waals surface area contributed by atoms with E-state index in [1.165, 1.54) is 0 Å². The Bertz CT molecular complexity index is 212. The lowest BCUT2D eigenvalue weighted by atomic mass is 9.91. The maximum Gasteiger partial charge on any atom is 0.243 e. The van der Waals surface area contributed by atoms with Crippen molar-refractivity contribution in [2.75, 3.05) is 26.8 Å². The zero-order valence-electron chi connectivity index (χ0n) is 7.93. The molecule has 2 N–H and O–H groups in total. The first-order chi connectivity index (χ1) is 6.29. The quantitative estimate of drug-likeness (QED) is 0.622. The van der Waals surface area contributed by atoms with E-state index in [2.05, 4.69) is 10.6 Å². The molecule has 0 radical (unpaired) electrons. The largest absolute Gasteiger partial charge is 0.382 e. The van der Waals surface area contributed by atoms with Crippen LogP contribution in [0.2, 0.25) is 0 Å². The van der Waals surface area contributed by atoms with E-state index in [-0.39, 0.29) is 5.91 Å². The molecule has 0 aromatic rings. The van der Waals surface area contributed by atoms with E-state index in [0.717, 1.165) is 25.9 Å². The standard InChI is InChI=1S/C9H16N2O2/c1-13-6-9(7-2-3-7)8(12)10-4-5-11-9/h7,11H,2-6H2,1H3,(H,10,12). The summed E-state index contributed by atoms with van der Waals surface area (Å²) in [7, 11) is 1.65. The molecule has 1 aliphatic heterocycles. The van der Waals surface area contributed by atoms with Crippen molar-refractivity contribution in [1.82, 2.24) is 10.6 Å². The molecule has 1 amide bonds. The van der Waals surface area contributed by atoms with Gasteiger partial charge >= 0.3 is 0 Å². The maximum atomic E-state index is 11.7. The third-order valence-electron chi connectivity index (χ3n) is 2.90. The number of hydrogen-bond donors (Lipinski definition) is 2. The Balaban J connectivity index is 2.13. The topological polar surface area (TPSA) is 50.4 Å². The molecule has 2 fully saturated rings. The third-order valence-corrected chi connectivity index (χ3v) is 2.90. The minimum atomic E-state index is -0.424. The molecule has 1 aliphatic carbocycles. The van der Waals surface area contributed by atoms with Crippen molar-refractivity contribution < 1.29 is 9.53 Å². The number of carbonyl (C=O) groups excluding carboxylic acids is 1. The minimum Gasteiger partial charge on any atom is -0.382 e. The molecule has 1 unspecified atom stereocenters. The molecule has 1 atom stereocenters. The summed E-state index contributed by atoms with van der Waals surface area (Å²) in [6, 6.07) is 0. The van der Waals surface area contributed by atoms with Crippen LogP contribution in [0.1, 0.15) is 12.8 Å². The Kier molecular flexibility index (Phi) is 2.26. The van der Waals surface area contributed by atoms with Crippen molar-refractivity contribution in [2.24, 2.45) is 5.92 Å². The van der Waals surface area contributed by atoms with Crippen molar-refractivity contribution in [3.05, 3.63) is 0 Å². The predicted octanol–water partition coefficient (Wildman–Crippen LogP) is -0.499. The highest BCUT2D eigenvalue weighted by atomic mass is 16.5. The first-order valence-electron chi connectivity index (χ1n) is 4.82. The van der Waals surface area contributed by atoms with Crippen molar-refractivity contribution in [2.45, 2.75) is 18.4 Å². The average Bonchev–Trinajstić information content (AvgIpc) is 2.92. The van der Waals surface area contributed by atoms with Crippen LogP contribution in [0.5, 0.6) is 0 Å². The van der Waals surface area contributed by atoms with Crippen LogP contribution in [-0.4, -0.2) is 38.3 Å². The molecule has 13 heavy (non-hydrogen) atoms. The fourth-order valence-corrected chi connectivity index (χ4v) is 2.07. The van der Waals surface area contributed by atoms with Gasteiger partial charge in [-0.15, -0.1) is 0 Å². The highest BCUT2D eigenvalue weighted by molar-refractivity contribution is 5.88. The summed E-state index contributed by atoms with van der Waals surface area (Å²) in [5, 5.41) is 6.21. The van der Waals surface area contributed by atoms with Crippen molar-refractivity contribution in [3.63, 3.8) is 0 Å². The van der Waals surface area contributed by atoms with E-state index in [4.69, 9.17) is 4.74 Å². The highest BCUT2D eigenvalue weighted by Crippen LogP contribution is 2.40. The SMILES string of the molecule is COCC1(C2CC2)NCCNC1=O. The molecular formula is C9H16N2O2. The van der Waals surface area contributed by atoms with Crippen LogP contribution >= 0.6 is 0 Å². The summed E-state index contributed by atoms with van der Waals surface area (Å²) < 4.78 is 5.13. The molecular weight excluding hydrogens is 168 g/mol. The number of hydrogen-bond acceptors (Lipinski definition) is 3. The fraction of sp³-hybridized carbons (Fsp3) is 0.889. The molecule has 2 rings (SSSR count). The number of nitrogens with one attached hydrogen (secondary N) is 2. The predicted molar refractivity (Wildman–Crippen MR) is 48.3 cm³/mol. The molecule has 0 aromatic carbocycles. The second-order valence-corrected chi connectivity index (χ2v) is 3.86. The van der Waals surface area contributed by atoms with Gasteiger partial charge in [0.2, 0.25) is 5.91 Å². The number of piperazine rings is 1. The van der Waals surface area contributed by atoms with E-state index in [9.17, 15) is 4.79 Å². The smallest absolute Gasteiger partial charge is 0.243 e. The van der Waals surface area contributed by atoms with Crippen LogP contribution in [0.4, 0.5) is 0 Å². The van der Waals surface area contributed by atoms with Crippen LogP contribution in [-0.2, 0) is 9.53 Å². The van der Waals surface area contributed by atoms with Crippen molar-refractivity contribution in [1.29, 1.82) is 0 Å². The van der Waals surface area contributed by atoms with E-state index in [0.29, 0.717) is 12.5 Å². The molecule has 0 aromatic heterocycles. The third kappa shape index (κ3) is 1.44. The summed E-state index contributed by atoms with van der Waals surface area (Å²) in [5.41, 5.74) is -0.424. The van der Waals surface area contributed by atoms with Gasteiger partial charge < -0.3 is 10.1 Å². The van der Waals surface area contributed by atoms with Gasteiger partial charge in [-0.2, -0.15) is 0 Å². The van der Waals surface area contributed by atoms with Gasteiger partial charge in [-0.25, -0.2) is 0 Å². The summed E-state index contributed by atoms with van der Waals surface area (Å²) in [6.45, 7) is 2.08. The lowest BCUT2D eigenvalue weighted by Gasteiger charge is -2.36. The van der Waals surface area contributed by atoms with E-state index in [1.54, 1.807) is 7.11 Å². The van der Waals surface area contributed by atoms with Gasteiger partial charge in [-0.05, 0) is 18.8 Å². The first-order valence-corrected chi connectivity index (χ1v) is 4.82. The number of rotatable bonds is 3. The minimum absolute atomic E-state index is 0.114. The van der Waals surface area contributed by atoms with Crippen LogP contribution in [0.25, 0.3) is 0 Å². The molecule has 4 heteroatoms. The average molecular weight is 184 g/mol. The fourth-order valence-electron chi connectivity index (χ4n) is 2.07. The molecule has 0 bridgehead atoms. The Morgan fingerprint density at radius 1 is 1.54 bits per heavy atom. The number of carbonyl (C=O) groups is 1. The van der Waals surface area contributed by atoms with E-state index >= 15 is 0 Å². The van der Waals surface area contributed by atoms with Crippen LogP contribution in [0.3, 0.4) is 0 Å². The molecule has 1 heterocycles. The van der Waals surface area contributed by atoms with Gasteiger partial charge in [0.1, 0.15) is 5.54 Å². The highest BCUT2D eigenvalue weighted by Gasteiger charge is 2.51. The van der Waals surface area contributed by atoms with Crippen molar-refractivity contribution in [3.8, 4) is 0 Å². The number of amides is 1. The molecule has 1 saturated heterocycles. The Morgan fingerprint density at radius 2 is 2.31 bits per heavy atom. The summed E-state index contributed by atoms with van der Waals surface area (Å²) in [4.78, 5) is 11.7. The first kappa shape index (κ1) is 8.97. The van der Waals surface area contributed by atoms with Gasteiger partial charge in [0.25, 0.3) is 0 Å². The molecule has 2 aliphatic rings. The maximum absolute atomic E-state index is 11.7. The summed E-state index contributed by atoms with van der Waals surface area (Å²) in [6.07, 6.45) is 2.29. The van der Waals surface area contributed by atoms with Gasteiger partial charge in [-0.1, -0.05) is 0 Å². The van der Waals surface area contributed by atoms with Gasteiger partial charge in [-0.3, -0.25) is 10.1 Å². The normalized spacial score (nSPS) is 34.4. The molecule has 0 spiro atoms. The van der Waals surface area contributed by atoms with E-state index < -0.39 is 5.54 Å². The second kappa shape index (κ2) is 3.27. The Morgan fingerprint density at radius 3 is 2.85 bits per heavy atom. The second-order valence-electron chi connectivity index (χ2n) is 3.86. The molecule has 4 nitrogen and oxygen atoms in total. The molecule has 1 saturated carbocycles. The Hall–Kier alpha value is -0.610. The van der Waals surface area contributed by atoms with E-state index in [1.807, 2.05) is 0 Å². The number of methoxy groups -OCH3 is 1. The zero-order valence-corrected chi connectivity index (χ0v) is 7.93. The Labute approximate surface area is 78.0 Å². The van der Waals surface area contributed by atoms with Gasteiger partial charge in [0.05, 0.1) is 6.61 Å². The summed E-state index contributed by atoms with van der Waals surface area (Å²) in [5.74, 6) is 0.593. The molecule has 74 valence electrons. The lowest BCUT2D eigenvalue weighted by molar-refractivity contribution is -0.133. The lowest BCUT2D eigenvalue weighted by Crippen LogP contribution is -2.66. The van der Waals surface area contributed by atoms with Crippen LogP contribution in [0.15, 0.2) is 0 Å². The van der Waals surface area contributed by atoms with Crippen LogP contribution in [0, 0.1) is 5.92 Å².